The van der Waals surface area contributed by atoms with Crippen LogP contribution in [0, 0.1) is 13.5 Å². The van der Waals surface area contributed by atoms with E-state index in [4.69, 9.17) is 0 Å². The minimum Gasteiger partial charge on any atom is -0.511 e. The summed E-state index contributed by atoms with van der Waals surface area (Å²) in [6, 6.07) is 9.03. The molecule has 0 aliphatic rings. The molecule has 3 aromatic rings. The molecule has 0 saturated carbocycles. The Bertz CT molecular complexity index is 801. The molecule has 1 radical (unpaired) electrons. The Labute approximate surface area is 155 Å². The van der Waals surface area contributed by atoms with Crippen molar-refractivity contribution in [3.8, 4) is 11.1 Å². The number of rotatable bonds is 3. The van der Waals surface area contributed by atoms with Gasteiger partial charge in [0.25, 0.3) is 12.0 Å². The van der Waals surface area contributed by atoms with E-state index in [0.717, 1.165) is 5.56 Å². The summed E-state index contributed by atoms with van der Waals surface area (Å²) in [6.45, 7) is 1.78. The van der Waals surface area contributed by atoms with Crippen LogP contribution in [0.2, 0.25) is 0 Å². The molecule has 0 fully saturated rings. The number of nitrogens with zero attached hydrogens (tertiary/aromatic N) is 4. The molecule has 0 saturated heterocycles. The standard InChI is InChI=1S/C14H11F3N5.Y/c1-9-11(10-5-3-2-4-6-10)12(18-7-14(15,16)17)22-13(21-9)19-8-20-22;/h2-8,18H,1H3;/q-1;. The summed E-state index contributed by atoms with van der Waals surface area (Å²) in [6.07, 6.45) is -3.21. The molecule has 5 nitrogen and oxygen atoms in total. The van der Waals surface area contributed by atoms with Gasteiger partial charge in [-0.15, -0.1) is 6.54 Å². The predicted molar refractivity (Wildman–Crippen MR) is 74.9 cm³/mol. The molecule has 0 bridgehead atoms. The summed E-state index contributed by atoms with van der Waals surface area (Å²) >= 11 is 0. The van der Waals surface area contributed by atoms with Gasteiger partial charge in [-0.05, 0) is 12.5 Å². The SMILES string of the molecule is Cc1nc2ncnn2c(N[CH-]C(F)(F)F)c1-c1ccccc1.[Y]. The van der Waals surface area contributed by atoms with Gasteiger partial charge >= 0.3 is 0 Å². The largest absolute Gasteiger partial charge is 0.511 e. The van der Waals surface area contributed by atoms with Gasteiger partial charge in [0.15, 0.2) is 0 Å². The number of anilines is 1. The van der Waals surface area contributed by atoms with E-state index >= 15 is 0 Å². The van der Waals surface area contributed by atoms with Crippen LogP contribution >= 0.6 is 0 Å². The third kappa shape index (κ3) is 3.87. The van der Waals surface area contributed by atoms with E-state index in [1.165, 1.54) is 10.8 Å². The van der Waals surface area contributed by atoms with Gasteiger partial charge < -0.3 is 5.32 Å². The van der Waals surface area contributed by atoms with Crippen molar-refractivity contribution in [2.24, 2.45) is 0 Å². The molecule has 117 valence electrons. The molecule has 0 unspecified atom stereocenters. The van der Waals surface area contributed by atoms with Gasteiger partial charge in [0.2, 0.25) is 0 Å². The van der Waals surface area contributed by atoms with Crippen LogP contribution in [0.5, 0.6) is 0 Å². The molecule has 2 heterocycles. The second-order valence-corrected chi connectivity index (χ2v) is 4.59. The zero-order valence-electron chi connectivity index (χ0n) is 12.0. The van der Waals surface area contributed by atoms with E-state index in [1.807, 2.05) is 6.07 Å². The molecule has 9 heteroatoms. The molecule has 0 aliphatic carbocycles. The Morgan fingerprint density at radius 3 is 2.52 bits per heavy atom. The van der Waals surface area contributed by atoms with Crippen molar-refractivity contribution in [2.75, 3.05) is 5.32 Å². The molecule has 3 rings (SSSR count). The number of aryl methyl sites for hydroxylation is 1. The third-order valence-corrected chi connectivity index (χ3v) is 3.04. The van der Waals surface area contributed by atoms with Crippen LogP contribution < -0.4 is 5.32 Å². The second kappa shape index (κ2) is 6.92. The monoisotopic (exact) mass is 395 g/mol. The first kappa shape index (κ1) is 17.8. The van der Waals surface area contributed by atoms with Crippen LogP contribution in [0.15, 0.2) is 36.7 Å². The Morgan fingerprint density at radius 1 is 1.17 bits per heavy atom. The summed E-state index contributed by atoms with van der Waals surface area (Å²) in [4.78, 5) is 8.20. The molecule has 2 aromatic heterocycles. The average molecular weight is 395 g/mol. The van der Waals surface area contributed by atoms with Crippen molar-refractivity contribution in [2.45, 2.75) is 13.1 Å². The zero-order valence-corrected chi connectivity index (χ0v) is 14.9. The van der Waals surface area contributed by atoms with E-state index in [1.54, 1.807) is 31.2 Å². The number of alkyl halides is 3. The van der Waals surface area contributed by atoms with Crippen LogP contribution in [0.25, 0.3) is 16.9 Å². The fourth-order valence-electron chi connectivity index (χ4n) is 2.19. The number of fused-ring (bicyclic) bond motifs is 1. The van der Waals surface area contributed by atoms with Crippen LogP contribution in [0.4, 0.5) is 19.0 Å². The first-order valence-corrected chi connectivity index (χ1v) is 6.39. The average Bonchev–Trinajstić information content (AvgIpc) is 2.92. The maximum atomic E-state index is 12.5. The number of nitrogens with one attached hydrogen (secondary N) is 1. The summed E-state index contributed by atoms with van der Waals surface area (Å²) < 4.78 is 38.8. The third-order valence-electron chi connectivity index (χ3n) is 3.04. The first-order chi connectivity index (χ1) is 10.5. The first-order valence-electron chi connectivity index (χ1n) is 6.39. The number of halogens is 3. The fourth-order valence-corrected chi connectivity index (χ4v) is 2.19. The molecule has 0 aliphatic heterocycles. The Morgan fingerprint density at radius 2 is 1.87 bits per heavy atom. The van der Waals surface area contributed by atoms with Crippen LogP contribution in [-0.4, -0.2) is 25.8 Å². The predicted octanol–water partition coefficient (Wildman–Crippen LogP) is 3.23. The van der Waals surface area contributed by atoms with Gasteiger partial charge in [-0.25, -0.2) is 18.2 Å². The zero-order chi connectivity index (χ0) is 15.7. The summed E-state index contributed by atoms with van der Waals surface area (Å²) in [5.74, 6) is 0.402. The van der Waals surface area contributed by atoms with Crippen LogP contribution in [0.1, 0.15) is 5.69 Å². The molecule has 23 heavy (non-hydrogen) atoms. The molecule has 0 spiro atoms. The minimum absolute atomic E-state index is 0. The van der Waals surface area contributed by atoms with Gasteiger partial charge in [-0.3, -0.25) is 0 Å². The fraction of sp³-hybridized carbons (Fsp3) is 0.143. The quantitative estimate of drug-likeness (QED) is 0.692. The normalized spacial score (nSPS) is 11.3. The Balaban J connectivity index is 0.00000192. The molecular formula is C14H11F3N5Y-. The van der Waals surface area contributed by atoms with Crippen molar-refractivity contribution in [1.29, 1.82) is 0 Å². The number of aromatic nitrogens is 4. The topological polar surface area (TPSA) is 55.1 Å². The van der Waals surface area contributed by atoms with Crippen molar-refractivity contribution < 1.29 is 45.9 Å². The number of hydrogen-bond donors (Lipinski definition) is 1. The Hall–Kier alpha value is -1.54. The van der Waals surface area contributed by atoms with Crippen molar-refractivity contribution in [3.05, 3.63) is 48.9 Å². The maximum Gasteiger partial charge on any atom is 0.286 e. The number of hydrogen-bond acceptors (Lipinski definition) is 4. The van der Waals surface area contributed by atoms with Gasteiger partial charge in [0.1, 0.15) is 12.1 Å². The van der Waals surface area contributed by atoms with E-state index in [-0.39, 0.29) is 50.8 Å². The summed E-state index contributed by atoms with van der Waals surface area (Å²) in [5, 5.41) is 6.23. The van der Waals surface area contributed by atoms with Gasteiger partial charge in [0.05, 0.1) is 5.69 Å². The molecule has 1 N–H and O–H groups in total. The van der Waals surface area contributed by atoms with Crippen molar-refractivity contribution in [1.82, 2.24) is 19.6 Å². The van der Waals surface area contributed by atoms with Gasteiger partial charge in [0, 0.05) is 38.3 Å². The smallest absolute Gasteiger partial charge is 0.286 e. The van der Waals surface area contributed by atoms with E-state index in [2.05, 4.69) is 20.4 Å². The van der Waals surface area contributed by atoms with E-state index in [0.29, 0.717) is 11.3 Å². The molecule has 0 amide bonds. The van der Waals surface area contributed by atoms with Gasteiger partial charge in [-0.2, -0.15) is 14.6 Å². The molecule has 0 atom stereocenters. The summed E-state index contributed by atoms with van der Waals surface area (Å²) in [5.41, 5.74) is 1.84. The second-order valence-electron chi connectivity index (χ2n) is 4.59. The van der Waals surface area contributed by atoms with Gasteiger partial charge in [-0.1, -0.05) is 30.3 Å². The van der Waals surface area contributed by atoms with E-state index in [9.17, 15) is 13.2 Å². The number of benzene rings is 1. The summed E-state index contributed by atoms with van der Waals surface area (Å²) in [7, 11) is 0. The minimum atomic E-state index is -4.46. The molecule has 1 aromatic carbocycles. The van der Waals surface area contributed by atoms with Crippen molar-refractivity contribution in [3.63, 3.8) is 0 Å². The van der Waals surface area contributed by atoms with Crippen LogP contribution in [-0.2, 0) is 32.7 Å². The van der Waals surface area contributed by atoms with Crippen molar-refractivity contribution >= 4 is 11.6 Å². The maximum absolute atomic E-state index is 12.5. The molecular weight excluding hydrogens is 384 g/mol. The Kier molecular flexibility index (Phi) is 5.36. The van der Waals surface area contributed by atoms with Crippen LogP contribution in [0.3, 0.4) is 0 Å². The van der Waals surface area contributed by atoms with E-state index < -0.39 is 6.18 Å².